The van der Waals surface area contributed by atoms with Gasteiger partial charge in [0, 0.05) is 65.7 Å². The van der Waals surface area contributed by atoms with Gasteiger partial charge in [0.1, 0.15) is 21.8 Å². The Bertz CT molecular complexity index is 3110. The average molecular weight is 1170 g/mol. The number of benzene rings is 5. The van der Waals surface area contributed by atoms with Gasteiger partial charge in [0.15, 0.2) is 0 Å². The first-order chi connectivity index (χ1) is 40.1. The highest BCUT2D eigenvalue weighted by Crippen LogP contribution is 2.46. The number of thiazole rings is 2. The zero-order valence-electron chi connectivity index (χ0n) is 49.8. The number of likely N-dealkylation sites (tertiary alicyclic amines) is 2. The second kappa shape index (κ2) is 26.1. The quantitative estimate of drug-likeness (QED) is 0.0612. The van der Waals surface area contributed by atoms with Crippen molar-refractivity contribution in [1.82, 2.24) is 41.0 Å². The van der Waals surface area contributed by atoms with Crippen LogP contribution in [0.15, 0.2) is 146 Å². The summed E-state index contributed by atoms with van der Waals surface area (Å²) in [6, 6.07) is 43.3. The Balaban J connectivity index is 0.965. The molecule has 4 heterocycles. The van der Waals surface area contributed by atoms with Gasteiger partial charge in [-0.05, 0) is 79.5 Å². The number of ketones is 1. The smallest absolute Gasteiger partial charge is 0.251 e. The number of rotatable bonds is 19. The molecule has 84 heavy (non-hydrogen) atoms. The number of likely N-dealkylation sites (N-methyl/N-ethyl adjacent to an activating group) is 1. The number of nitrogens with zero attached hydrogens (tertiary/aromatic N) is 4. The lowest BCUT2D eigenvalue weighted by Gasteiger charge is -2.36. The van der Waals surface area contributed by atoms with Crippen molar-refractivity contribution in [2.75, 3.05) is 20.1 Å². The number of carbonyl (C=O) groups is 6. The topological polar surface area (TPSA) is 183 Å². The van der Waals surface area contributed by atoms with Crippen LogP contribution in [0.5, 0.6) is 0 Å². The summed E-state index contributed by atoms with van der Waals surface area (Å²) in [7, 11) is 1.73. The fraction of sp³-hybridized carbons (Fsp3) is 0.382. The van der Waals surface area contributed by atoms with Crippen LogP contribution in [0.2, 0.25) is 0 Å². The SMILES string of the molecule is CC[C@@H](C)C(=O)N[C@H](C(=O)N1C[C@@H](NC(=O)c2ccc(C(=O)N[C@H]3C[C@@H](c4nc(-c5ccccc5)c(-c5ccccc5)s4)N(C(=O)[C@@H](CC(=O)[C@H](C)NC)C(C)(C)C)C3)cc2)C[C@H]1c1nc(-c2ccccc2)c(-c2ccccc2)s1)C(C)(C)C. The van der Waals surface area contributed by atoms with E-state index < -0.39 is 53.0 Å². The van der Waals surface area contributed by atoms with Crippen LogP contribution in [0.1, 0.15) is 131 Å². The molecule has 0 radical (unpaired) electrons. The molecule has 2 fully saturated rings. The van der Waals surface area contributed by atoms with E-state index in [0.29, 0.717) is 30.4 Å². The monoisotopic (exact) mass is 1170 g/mol. The van der Waals surface area contributed by atoms with Crippen molar-refractivity contribution in [2.24, 2.45) is 22.7 Å². The van der Waals surface area contributed by atoms with E-state index in [1.165, 1.54) is 22.7 Å². The summed E-state index contributed by atoms with van der Waals surface area (Å²) in [5.74, 6) is -2.35. The fourth-order valence-electron chi connectivity index (χ4n) is 11.0. The first-order valence-electron chi connectivity index (χ1n) is 29.2. The zero-order valence-corrected chi connectivity index (χ0v) is 51.4. The molecule has 2 aliphatic heterocycles. The predicted octanol–water partition coefficient (Wildman–Crippen LogP) is 12.2. The van der Waals surface area contributed by atoms with Crippen LogP contribution in [0.25, 0.3) is 43.4 Å². The van der Waals surface area contributed by atoms with E-state index in [1.54, 1.807) is 43.1 Å². The molecular formula is C68H78N8O6S2. The average Bonchev–Trinajstić information content (AvgIpc) is 3.35. The third-order valence-electron chi connectivity index (χ3n) is 16.4. The van der Waals surface area contributed by atoms with Gasteiger partial charge >= 0.3 is 0 Å². The van der Waals surface area contributed by atoms with Crippen LogP contribution in [0.3, 0.4) is 0 Å². The summed E-state index contributed by atoms with van der Waals surface area (Å²) >= 11 is 3.06. The highest BCUT2D eigenvalue weighted by atomic mass is 32.1. The van der Waals surface area contributed by atoms with E-state index in [9.17, 15) is 19.2 Å². The lowest BCUT2D eigenvalue weighted by atomic mass is 9.76. The standard InChI is InChI=1S/C68H78N8O6S2/c1-11-41(2)60(78)74-59(68(7,8)9)66(82)76-40-50(37-53(76)64-73-56(44-26-18-13-19-27-44)58(84-64)46-30-22-15-23-31-46)71-62(80)48-34-32-47(33-35-48)61(79)70-49-36-52(75(39-49)65(81)51(67(4,5)6)38-54(77)42(3)69-10)63-72-55(43-24-16-12-17-25-43)57(83-63)45-28-20-14-21-29-45/h12-35,41-42,49-53,59,69H,11,36-40H2,1-10H3,(H,70,79)(H,71,80)(H,74,78)/t41-,42+,49+,50+,51-,52+,53+,59-/m1/s1. The Hall–Kier alpha value is -7.66. The highest BCUT2D eigenvalue weighted by molar-refractivity contribution is 7.16. The molecule has 9 rings (SSSR count). The van der Waals surface area contributed by atoms with Gasteiger partial charge in [0.2, 0.25) is 17.7 Å². The van der Waals surface area contributed by atoms with Gasteiger partial charge in [0.25, 0.3) is 11.8 Å². The summed E-state index contributed by atoms with van der Waals surface area (Å²) in [6.07, 6.45) is 1.43. The maximum Gasteiger partial charge on any atom is 0.251 e. The number of nitrogens with one attached hydrogen (secondary N) is 4. The van der Waals surface area contributed by atoms with Gasteiger partial charge in [-0.3, -0.25) is 28.8 Å². The molecule has 2 aromatic heterocycles. The van der Waals surface area contributed by atoms with Gasteiger partial charge in [0.05, 0.1) is 39.3 Å². The third-order valence-corrected chi connectivity index (χ3v) is 18.8. The number of hydrogen-bond acceptors (Lipinski definition) is 11. The van der Waals surface area contributed by atoms with Crippen molar-refractivity contribution in [3.8, 4) is 43.4 Å². The van der Waals surface area contributed by atoms with Gasteiger partial charge in [-0.2, -0.15) is 0 Å². The molecule has 5 aromatic carbocycles. The largest absolute Gasteiger partial charge is 0.347 e. The van der Waals surface area contributed by atoms with Crippen molar-refractivity contribution in [2.45, 2.75) is 124 Å². The first kappa shape index (κ1) is 60.9. The summed E-state index contributed by atoms with van der Waals surface area (Å²) in [4.78, 5) is 102. The molecule has 5 amide bonds. The fourth-order valence-corrected chi connectivity index (χ4v) is 13.5. The molecule has 0 saturated carbocycles. The molecule has 16 heteroatoms. The Morgan fingerprint density at radius 3 is 1.32 bits per heavy atom. The van der Waals surface area contributed by atoms with E-state index in [2.05, 4.69) is 45.5 Å². The summed E-state index contributed by atoms with van der Waals surface area (Å²) in [5.41, 5.74) is 4.93. The first-order valence-corrected chi connectivity index (χ1v) is 30.8. The molecule has 14 nitrogen and oxygen atoms in total. The zero-order chi connectivity index (χ0) is 60.0. The maximum absolute atomic E-state index is 15.1. The van der Waals surface area contributed by atoms with E-state index in [1.807, 2.05) is 157 Å². The minimum atomic E-state index is -0.855. The lowest BCUT2D eigenvalue weighted by molar-refractivity contribution is -0.143. The van der Waals surface area contributed by atoms with Crippen molar-refractivity contribution < 1.29 is 28.8 Å². The predicted molar refractivity (Wildman–Crippen MR) is 335 cm³/mol. The van der Waals surface area contributed by atoms with Crippen molar-refractivity contribution in [3.05, 3.63) is 167 Å². The normalized spacial score (nSPS) is 18.6. The van der Waals surface area contributed by atoms with E-state index in [4.69, 9.17) is 9.97 Å². The molecule has 0 aliphatic carbocycles. The number of carbonyl (C=O) groups excluding carboxylic acids is 6. The maximum atomic E-state index is 15.1. The minimum Gasteiger partial charge on any atom is -0.347 e. The van der Waals surface area contributed by atoms with E-state index in [0.717, 1.165) is 53.4 Å². The molecule has 2 saturated heterocycles. The molecule has 438 valence electrons. The van der Waals surface area contributed by atoms with Crippen LogP contribution < -0.4 is 21.3 Å². The van der Waals surface area contributed by atoms with Gasteiger partial charge in [-0.15, -0.1) is 22.7 Å². The van der Waals surface area contributed by atoms with Gasteiger partial charge in [-0.1, -0.05) is 177 Å². The minimum absolute atomic E-state index is 0.0531. The Labute approximate surface area is 502 Å². The van der Waals surface area contributed by atoms with Crippen LogP contribution in [0.4, 0.5) is 0 Å². The van der Waals surface area contributed by atoms with Crippen molar-refractivity contribution in [3.63, 3.8) is 0 Å². The van der Waals surface area contributed by atoms with E-state index >= 15 is 9.59 Å². The summed E-state index contributed by atoms with van der Waals surface area (Å²) in [6.45, 7) is 17.8. The molecule has 0 spiro atoms. The molecule has 0 unspecified atom stereocenters. The molecule has 8 atom stereocenters. The van der Waals surface area contributed by atoms with Crippen LogP contribution in [0, 0.1) is 22.7 Å². The van der Waals surface area contributed by atoms with Gasteiger partial charge in [-0.25, -0.2) is 9.97 Å². The summed E-state index contributed by atoms with van der Waals surface area (Å²) < 4.78 is 0. The molecule has 7 aromatic rings. The van der Waals surface area contributed by atoms with E-state index in [-0.39, 0.29) is 60.7 Å². The van der Waals surface area contributed by atoms with Gasteiger partial charge < -0.3 is 31.1 Å². The molecular weight excluding hydrogens is 1090 g/mol. The second-order valence-electron chi connectivity index (χ2n) is 24.5. The second-order valence-corrected chi connectivity index (χ2v) is 26.6. The Kier molecular flexibility index (Phi) is 18.9. The Morgan fingerprint density at radius 1 is 0.560 bits per heavy atom. The highest BCUT2D eigenvalue weighted by Gasteiger charge is 2.47. The van der Waals surface area contributed by atoms with Crippen LogP contribution in [-0.2, 0) is 19.2 Å². The number of Topliss-reactive ketones (excluding diaryl/α,β-unsaturated/α-hetero) is 1. The van der Waals surface area contributed by atoms with Crippen molar-refractivity contribution in [1.29, 1.82) is 0 Å². The third kappa shape index (κ3) is 13.8. The Morgan fingerprint density at radius 2 is 0.952 bits per heavy atom. The van der Waals surface area contributed by atoms with Crippen molar-refractivity contribution >= 4 is 58.0 Å². The van der Waals surface area contributed by atoms with Crippen LogP contribution in [-0.4, -0.2) is 99.4 Å². The molecule has 0 bridgehead atoms. The number of aromatic nitrogens is 2. The number of amides is 5. The molecule has 4 N–H and O–H groups in total. The van der Waals surface area contributed by atoms with Crippen LogP contribution >= 0.6 is 22.7 Å². The lowest BCUT2D eigenvalue weighted by Crippen LogP contribution is -2.55. The molecule has 2 aliphatic rings. The summed E-state index contributed by atoms with van der Waals surface area (Å²) in [5, 5.41) is 14.0. The number of hydrogen-bond donors (Lipinski definition) is 4.